The van der Waals surface area contributed by atoms with Crippen molar-refractivity contribution in [2.75, 3.05) is 18.5 Å². The fourth-order valence-electron chi connectivity index (χ4n) is 1.97. The highest BCUT2D eigenvalue weighted by molar-refractivity contribution is 6.30. The van der Waals surface area contributed by atoms with Gasteiger partial charge in [-0.3, -0.25) is 0 Å². The van der Waals surface area contributed by atoms with Crippen molar-refractivity contribution in [3.8, 4) is 5.75 Å². The monoisotopic (exact) mass is 334 g/mol. The molecule has 23 heavy (non-hydrogen) atoms. The van der Waals surface area contributed by atoms with Crippen LogP contribution in [0.1, 0.15) is 18.6 Å². The second-order valence-electron chi connectivity index (χ2n) is 4.86. The first-order chi connectivity index (χ1) is 11.1. The maximum absolute atomic E-state index is 11.8. The smallest absolute Gasteiger partial charge is 0.319 e. The summed E-state index contributed by atoms with van der Waals surface area (Å²) >= 11 is 5.79. The maximum atomic E-state index is 11.8. The Labute approximate surface area is 140 Å². The van der Waals surface area contributed by atoms with Crippen LogP contribution < -0.4 is 15.4 Å². The number of halogens is 1. The normalized spacial score (nSPS) is 11.6. The molecule has 1 atom stereocenters. The number of amides is 2. The number of urea groups is 1. The number of ether oxygens (including phenoxy) is 1. The average molecular weight is 335 g/mol. The first-order valence-electron chi connectivity index (χ1n) is 7.29. The maximum Gasteiger partial charge on any atom is 0.319 e. The van der Waals surface area contributed by atoms with Crippen LogP contribution in [0.2, 0.25) is 5.02 Å². The van der Waals surface area contributed by atoms with Gasteiger partial charge in [-0.15, -0.1) is 0 Å². The van der Waals surface area contributed by atoms with Gasteiger partial charge in [0.2, 0.25) is 0 Å². The molecule has 0 saturated heterocycles. The minimum absolute atomic E-state index is 0.102. The summed E-state index contributed by atoms with van der Waals surface area (Å²) in [6.45, 7) is 2.60. The zero-order valence-corrected chi connectivity index (χ0v) is 13.5. The van der Waals surface area contributed by atoms with E-state index in [2.05, 4.69) is 10.6 Å². The third-order valence-electron chi connectivity index (χ3n) is 3.13. The Hall–Kier alpha value is -2.24. The third kappa shape index (κ3) is 5.47. The van der Waals surface area contributed by atoms with Crippen LogP contribution in [0.15, 0.2) is 48.5 Å². The number of aliphatic hydroxyl groups is 1. The van der Waals surface area contributed by atoms with Gasteiger partial charge in [0.15, 0.2) is 0 Å². The van der Waals surface area contributed by atoms with Crippen molar-refractivity contribution in [2.24, 2.45) is 0 Å². The minimum atomic E-state index is -0.793. The molecule has 0 radical (unpaired) electrons. The highest BCUT2D eigenvalue weighted by Gasteiger charge is 2.09. The van der Waals surface area contributed by atoms with Crippen molar-refractivity contribution < 1.29 is 14.6 Å². The summed E-state index contributed by atoms with van der Waals surface area (Å²) in [7, 11) is 0. The van der Waals surface area contributed by atoms with Crippen LogP contribution in [-0.2, 0) is 0 Å². The SMILES string of the molecule is CCOc1ccc(NC(=O)NCC(O)c2ccc(Cl)cc2)cc1. The summed E-state index contributed by atoms with van der Waals surface area (Å²) in [5, 5.41) is 15.9. The van der Waals surface area contributed by atoms with Crippen molar-refractivity contribution in [1.29, 1.82) is 0 Å². The van der Waals surface area contributed by atoms with Gasteiger partial charge in [0.25, 0.3) is 0 Å². The summed E-state index contributed by atoms with van der Waals surface area (Å²) in [4.78, 5) is 11.8. The van der Waals surface area contributed by atoms with Crippen molar-refractivity contribution in [3.05, 3.63) is 59.1 Å². The lowest BCUT2D eigenvalue weighted by atomic mass is 10.1. The van der Waals surface area contributed by atoms with Gasteiger partial charge >= 0.3 is 6.03 Å². The fraction of sp³-hybridized carbons (Fsp3) is 0.235. The lowest BCUT2D eigenvalue weighted by molar-refractivity contribution is 0.175. The van der Waals surface area contributed by atoms with Crippen LogP contribution in [0.4, 0.5) is 10.5 Å². The number of carbonyl (C=O) groups excluding carboxylic acids is 1. The molecule has 1 unspecified atom stereocenters. The molecule has 6 heteroatoms. The largest absolute Gasteiger partial charge is 0.494 e. The molecule has 0 aromatic heterocycles. The molecule has 2 aromatic rings. The predicted octanol–water partition coefficient (Wildman–Crippen LogP) is 3.59. The molecular weight excluding hydrogens is 316 g/mol. The summed E-state index contributed by atoms with van der Waals surface area (Å²) < 4.78 is 5.33. The first kappa shape index (κ1) is 17.1. The van der Waals surface area contributed by atoms with Crippen molar-refractivity contribution in [2.45, 2.75) is 13.0 Å². The van der Waals surface area contributed by atoms with Crippen LogP contribution >= 0.6 is 11.6 Å². The number of aliphatic hydroxyl groups excluding tert-OH is 1. The Morgan fingerprint density at radius 2 is 1.83 bits per heavy atom. The number of anilines is 1. The molecule has 0 spiro atoms. The Bertz CT molecular complexity index is 629. The second-order valence-corrected chi connectivity index (χ2v) is 5.30. The Kier molecular flexibility index (Phi) is 6.26. The molecule has 0 saturated carbocycles. The van der Waals surface area contributed by atoms with Gasteiger partial charge in [-0.2, -0.15) is 0 Å². The average Bonchev–Trinajstić information content (AvgIpc) is 2.55. The van der Waals surface area contributed by atoms with Crippen LogP contribution in [0.25, 0.3) is 0 Å². The molecule has 0 heterocycles. The van der Waals surface area contributed by atoms with E-state index in [1.807, 2.05) is 6.92 Å². The lowest BCUT2D eigenvalue weighted by Gasteiger charge is -2.13. The van der Waals surface area contributed by atoms with E-state index < -0.39 is 6.10 Å². The van der Waals surface area contributed by atoms with Gasteiger partial charge in [-0.25, -0.2) is 4.79 Å². The quantitative estimate of drug-likeness (QED) is 0.756. The number of carbonyl (C=O) groups is 1. The molecule has 5 nitrogen and oxygen atoms in total. The van der Waals surface area contributed by atoms with Crippen LogP contribution in [0.3, 0.4) is 0 Å². The molecular formula is C17H19ClN2O3. The molecule has 2 amide bonds. The number of nitrogens with one attached hydrogen (secondary N) is 2. The number of benzene rings is 2. The van der Waals surface area contributed by atoms with E-state index in [4.69, 9.17) is 16.3 Å². The zero-order chi connectivity index (χ0) is 16.7. The van der Waals surface area contributed by atoms with Gasteiger partial charge in [-0.1, -0.05) is 23.7 Å². The van der Waals surface area contributed by atoms with Crippen molar-refractivity contribution in [1.82, 2.24) is 5.32 Å². The number of hydrogen-bond acceptors (Lipinski definition) is 3. The van der Waals surface area contributed by atoms with Crippen LogP contribution in [0.5, 0.6) is 5.75 Å². The summed E-state index contributed by atoms with van der Waals surface area (Å²) in [6, 6.07) is 13.5. The topological polar surface area (TPSA) is 70.6 Å². The van der Waals surface area contributed by atoms with E-state index in [1.54, 1.807) is 48.5 Å². The molecule has 2 rings (SSSR count). The highest BCUT2D eigenvalue weighted by Crippen LogP contribution is 2.17. The van der Waals surface area contributed by atoms with E-state index in [0.717, 1.165) is 5.75 Å². The number of hydrogen-bond donors (Lipinski definition) is 3. The Morgan fingerprint density at radius 1 is 1.17 bits per heavy atom. The summed E-state index contributed by atoms with van der Waals surface area (Å²) in [5.74, 6) is 0.747. The highest BCUT2D eigenvalue weighted by atomic mass is 35.5. The van der Waals surface area contributed by atoms with E-state index in [9.17, 15) is 9.90 Å². The van der Waals surface area contributed by atoms with E-state index in [-0.39, 0.29) is 12.6 Å². The fourth-order valence-corrected chi connectivity index (χ4v) is 2.09. The van der Waals surface area contributed by atoms with Gasteiger partial charge < -0.3 is 20.5 Å². The van der Waals surface area contributed by atoms with Gasteiger partial charge in [0, 0.05) is 17.3 Å². The van der Waals surface area contributed by atoms with Crippen LogP contribution in [-0.4, -0.2) is 24.3 Å². The minimum Gasteiger partial charge on any atom is -0.494 e. The Morgan fingerprint density at radius 3 is 2.43 bits per heavy atom. The van der Waals surface area contributed by atoms with E-state index in [0.29, 0.717) is 22.9 Å². The summed E-state index contributed by atoms with van der Waals surface area (Å²) in [5.41, 5.74) is 1.34. The summed E-state index contributed by atoms with van der Waals surface area (Å²) in [6.07, 6.45) is -0.793. The molecule has 2 aromatic carbocycles. The van der Waals surface area contributed by atoms with E-state index >= 15 is 0 Å². The second kappa shape index (κ2) is 8.41. The van der Waals surface area contributed by atoms with Gasteiger partial charge in [0.1, 0.15) is 5.75 Å². The molecule has 0 aliphatic rings. The predicted molar refractivity (Wildman–Crippen MR) is 91.0 cm³/mol. The Balaban J connectivity index is 1.81. The van der Waals surface area contributed by atoms with Gasteiger partial charge in [0.05, 0.1) is 12.7 Å². The van der Waals surface area contributed by atoms with Crippen LogP contribution in [0, 0.1) is 0 Å². The molecule has 0 fully saturated rings. The van der Waals surface area contributed by atoms with Crippen molar-refractivity contribution >= 4 is 23.3 Å². The molecule has 3 N–H and O–H groups in total. The first-order valence-corrected chi connectivity index (χ1v) is 7.67. The third-order valence-corrected chi connectivity index (χ3v) is 3.39. The van der Waals surface area contributed by atoms with Gasteiger partial charge in [-0.05, 0) is 48.9 Å². The molecule has 0 aliphatic carbocycles. The number of rotatable bonds is 6. The van der Waals surface area contributed by atoms with Crippen molar-refractivity contribution in [3.63, 3.8) is 0 Å². The zero-order valence-electron chi connectivity index (χ0n) is 12.8. The molecule has 0 bridgehead atoms. The molecule has 122 valence electrons. The molecule has 0 aliphatic heterocycles. The lowest BCUT2D eigenvalue weighted by Crippen LogP contribution is -2.32. The standard InChI is InChI=1S/C17H19ClN2O3/c1-2-23-15-9-7-14(8-10-15)20-17(22)19-11-16(21)12-3-5-13(18)6-4-12/h3-10,16,21H,2,11H2,1H3,(H2,19,20,22). The van der Waals surface area contributed by atoms with E-state index in [1.165, 1.54) is 0 Å².